The van der Waals surface area contributed by atoms with E-state index >= 15 is 0 Å². The molecule has 0 amide bonds. The fourth-order valence-electron chi connectivity index (χ4n) is 2.68. The van der Waals surface area contributed by atoms with Crippen molar-refractivity contribution in [1.29, 1.82) is 0 Å². The highest BCUT2D eigenvalue weighted by Crippen LogP contribution is 2.29. The van der Waals surface area contributed by atoms with E-state index in [4.69, 9.17) is 27.9 Å². The van der Waals surface area contributed by atoms with Gasteiger partial charge in [-0.15, -0.1) is 0 Å². The van der Waals surface area contributed by atoms with Crippen LogP contribution < -0.4 is 4.74 Å². The van der Waals surface area contributed by atoms with E-state index in [1.165, 1.54) is 0 Å². The van der Waals surface area contributed by atoms with Gasteiger partial charge in [0.1, 0.15) is 5.75 Å². The summed E-state index contributed by atoms with van der Waals surface area (Å²) in [5.41, 5.74) is 3.29. The molecule has 0 aliphatic carbocycles. The van der Waals surface area contributed by atoms with Crippen LogP contribution >= 0.6 is 23.2 Å². The third-order valence-electron chi connectivity index (χ3n) is 3.95. The summed E-state index contributed by atoms with van der Waals surface area (Å²) in [6.45, 7) is 1.93. The molecule has 1 heterocycles. The average Bonchev–Trinajstić information content (AvgIpc) is 2.97. The van der Waals surface area contributed by atoms with Gasteiger partial charge in [-0.1, -0.05) is 35.3 Å². The number of ether oxygens (including phenoxy) is 1. The molecule has 0 spiro atoms. The van der Waals surface area contributed by atoms with Gasteiger partial charge in [0, 0.05) is 39.2 Å². The van der Waals surface area contributed by atoms with Gasteiger partial charge in [-0.05, 0) is 30.7 Å². The van der Waals surface area contributed by atoms with E-state index < -0.39 is 0 Å². The molecule has 0 fully saturated rings. The Morgan fingerprint density at radius 3 is 2.74 bits per heavy atom. The van der Waals surface area contributed by atoms with E-state index in [9.17, 15) is 4.79 Å². The summed E-state index contributed by atoms with van der Waals surface area (Å²) in [6.07, 6.45) is 1.98. The molecule has 0 saturated heterocycles. The van der Waals surface area contributed by atoms with Crippen molar-refractivity contribution in [3.63, 3.8) is 0 Å². The Balaban J connectivity index is 1.97. The highest BCUT2D eigenvalue weighted by molar-refractivity contribution is 6.32. The molecule has 1 aromatic heterocycles. The number of aromatic nitrogens is 1. The van der Waals surface area contributed by atoms with E-state index in [1.807, 2.05) is 25.1 Å². The first-order valence-electron chi connectivity index (χ1n) is 7.13. The number of Topliss-reactive ketones (excluding diaryl/α,β-unsaturated/α-hetero) is 1. The highest BCUT2D eigenvalue weighted by atomic mass is 35.5. The summed E-state index contributed by atoms with van der Waals surface area (Å²) >= 11 is 12.1. The summed E-state index contributed by atoms with van der Waals surface area (Å²) < 4.78 is 5.30. The molecule has 0 unspecified atom stereocenters. The van der Waals surface area contributed by atoms with Crippen molar-refractivity contribution in [1.82, 2.24) is 4.98 Å². The first-order chi connectivity index (χ1) is 11.0. The van der Waals surface area contributed by atoms with Gasteiger partial charge >= 0.3 is 0 Å². The normalized spacial score (nSPS) is 11.0. The zero-order chi connectivity index (χ0) is 16.6. The fourth-order valence-corrected chi connectivity index (χ4v) is 3.00. The molecule has 118 valence electrons. The molecule has 0 bridgehead atoms. The lowest BCUT2D eigenvalue weighted by atomic mass is 10.0. The predicted octanol–water partition coefficient (Wildman–Crippen LogP) is 5.22. The third kappa shape index (κ3) is 2.94. The quantitative estimate of drug-likeness (QED) is 0.657. The SMILES string of the molecule is COc1cc(Cl)ccc1CC(=O)c1c[nH]c2c(C)c(Cl)ccc12. The Bertz CT molecular complexity index is 899. The highest BCUT2D eigenvalue weighted by Gasteiger charge is 2.16. The van der Waals surface area contributed by atoms with Crippen LogP contribution in [0.2, 0.25) is 10.0 Å². The van der Waals surface area contributed by atoms with Crippen LogP contribution in [-0.4, -0.2) is 17.9 Å². The van der Waals surface area contributed by atoms with E-state index in [-0.39, 0.29) is 12.2 Å². The van der Waals surface area contributed by atoms with Crippen LogP contribution in [0.1, 0.15) is 21.5 Å². The van der Waals surface area contributed by atoms with Crippen molar-refractivity contribution < 1.29 is 9.53 Å². The molecule has 3 rings (SSSR count). The topological polar surface area (TPSA) is 42.1 Å². The number of methoxy groups -OCH3 is 1. The minimum absolute atomic E-state index is 0.0126. The first-order valence-corrected chi connectivity index (χ1v) is 7.88. The molecule has 5 heteroatoms. The number of benzene rings is 2. The second-order valence-electron chi connectivity index (χ2n) is 5.35. The van der Waals surface area contributed by atoms with Crippen molar-refractivity contribution in [2.24, 2.45) is 0 Å². The molecule has 1 N–H and O–H groups in total. The number of halogens is 2. The standard InChI is InChI=1S/C18H15Cl2NO2/c1-10-15(20)6-5-13-14(9-21-18(10)13)16(22)7-11-3-4-12(19)8-17(11)23-2/h3-6,8-9,21H,7H2,1-2H3. The van der Waals surface area contributed by atoms with Gasteiger partial charge in [-0.25, -0.2) is 0 Å². The van der Waals surface area contributed by atoms with Crippen LogP contribution in [0.25, 0.3) is 10.9 Å². The summed E-state index contributed by atoms with van der Waals surface area (Å²) in [5.74, 6) is 0.628. The Morgan fingerprint density at radius 2 is 2.00 bits per heavy atom. The smallest absolute Gasteiger partial charge is 0.169 e. The summed E-state index contributed by atoms with van der Waals surface area (Å²) in [4.78, 5) is 15.8. The largest absolute Gasteiger partial charge is 0.496 e. The van der Waals surface area contributed by atoms with Crippen LogP contribution in [0.5, 0.6) is 5.75 Å². The molecule has 0 atom stereocenters. The van der Waals surface area contributed by atoms with Crippen molar-refractivity contribution in [2.45, 2.75) is 13.3 Å². The number of ketones is 1. The molecule has 2 aromatic carbocycles. The summed E-state index contributed by atoms with van der Waals surface area (Å²) in [5, 5.41) is 2.14. The van der Waals surface area contributed by atoms with Crippen molar-refractivity contribution in [3.8, 4) is 5.75 Å². The molecule has 3 nitrogen and oxygen atoms in total. The lowest BCUT2D eigenvalue weighted by Gasteiger charge is -2.08. The van der Waals surface area contributed by atoms with E-state index in [2.05, 4.69) is 4.98 Å². The number of carbonyl (C=O) groups is 1. The molecule has 0 radical (unpaired) electrons. The predicted molar refractivity (Wildman–Crippen MR) is 94.1 cm³/mol. The zero-order valence-electron chi connectivity index (χ0n) is 12.7. The van der Waals surface area contributed by atoms with Gasteiger partial charge < -0.3 is 9.72 Å². The van der Waals surface area contributed by atoms with E-state index in [1.54, 1.807) is 25.4 Å². The second kappa shape index (κ2) is 6.26. The molecular formula is C18H15Cl2NO2. The van der Waals surface area contributed by atoms with E-state index in [0.717, 1.165) is 22.0 Å². The van der Waals surface area contributed by atoms with Gasteiger partial charge in [0.05, 0.1) is 12.6 Å². The van der Waals surface area contributed by atoms with Crippen LogP contribution in [0.4, 0.5) is 0 Å². The molecular weight excluding hydrogens is 333 g/mol. The van der Waals surface area contributed by atoms with Gasteiger partial charge in [-0.3, -0.25) is 4.79 Å². The average molecular weight is 348 g/mol. The van der Waals surface area contributed by atoms with Gasteiger partial charge in [0.2, 0.25) is 0 Å². The maximum absolute atomic E-state index is 12.7. The Labute approximate surface area is 144 Å². The number of fused-ring (bicyclic) bond motifs is 1. The molecule has 0 aliphatic heterocycles. The minimum Gasteiger partial charge on any atom is -0.496 e. The number of rotatable bonds is 4. The number of hydrogen-bond donors (Lipinski definition) is 1. The molecule has 23 heavy (non-hydrogen) atoms. The second-order valence-corrected chi connectivity index (χ2v) is 6.20. The van der Waals surface area contributed by atoms with Crippen molar-refractivity contribution in [2.75, 3.05) is 7.11 Å². The lowest BCUT2D eigenvalue weighted by molar-refractivity contribution is 0.0993. The number of hydrogen-bond acceptors (Lipinski definition) is 2. The lowest BCUT2D eigenvalue weighted by Crippen LogP contribution is -2.04. The van der Waals surface area contributed by atoms with E-state index in [0.29, 0.717) is 21.4 Å². The van der Waals surface area contributed by atoms with Crippen LogP contribution in [0.15, 0.2) is 36.5 Å². The number of aryl methyl sites for hydroxylation is 1. The Hall–Kier alpha value is -1.97. The third-order valence-corrected chi connectivity index (χ3v) is 4.60. The van der Waals surface area contributed by atoms with Crippen LogP contribution in [0.3, 0.4) is 0 Å². The number of carbonyl (C=O) groups excluding carboxylic acids is 1. The molecule has 0 saturated carbocycles. The number of H-pyrrole nitrogens is 1. The Kier molecular flexibility index (Phi) is 4.33. The Morgan fingerprint density at radius 1 is 1.22 bits per heavy atom. The monoisotopic (exact) mass is 347 g/mol. The van der Waals surface area contributed by atoms with Crippen molar-refractivity contribution in [3.05, 3.63) is 63.3 Å². The van der Waals surface area contributed by atoms with Gasteiger partial charge in [0.15, 0.2) is 5.78 Å². The van der Waals surface area contributed by atoms with Crippen LogP contribution in [-0.2, 0) is 6.42 Å². The van der Waals surface area contributed by atoms with Gasteiger partial charge in [0.25, 0.3) is 0 Å². The molecule has 3 aromatic rings. The number of nitrogens with one attached hydrogen (secondary N) is 1. The number of aromatic amines is 1. The fraction of sp³-hybridized carbons (Fsp3) is 0.167. The molecule has 0 aliphatic rings. The first kappa shape index (κ1) is 15.9. The summed E-state index contributed by atoms with van der Waals surface area (Å²) in [7, 11) is 1.57. The van der Waals surface area contributed by atoms with Crippen molar-refractivity contribution >= 4 is 39.9 Å². The van der Waals surface area contributed by atoms with Gasteiger partial charge in [-0.2, -0.15) is 0 Å². The maximum atomic E-state index is 12.7. The summed E-state index contributed by atoms with van der Waals surface area (Å²) in [6, 6.07) is 8.96. The maximum Gasteiger partial charge on any atom is 0.169 e. The minimum atomic E-state index is 0.0126. The van der Waals surface area contributed by atoms with Crippen LogP contribution in [0, 0.1) is 6.92 Å². The zero-order valence-corrected chi connectivity index (χ0v) is 14.3.